The Morgan fingerprint density at radius 2 is 2.33 bits per heavy atom. The van der Waals surface area contributed by atoms with Crippen LogP contribution in [0.2, 0.25) is 0 Å². The summed E-state index contributed by atoms with van der Waals surface area (Å²) in [5.74, 6) is -0.119. The third kappa shape index (κ3) is 3.13. The van der Waals surface area contributed by atoms with Gasteiger partial charge in [-0.1, -0.05) is 6.58 Å². The Kier molecular flexibility index (Phi) is 3.15. The second-order valence-corrected chi connectivity index (χ2v) is 5.77. The maximum Gasteiger partial charge on any atom is 0.236 e. The first-order valence-corrected chi connectivity index (χ1v) is 6.30. The SMILES string of the molecule is C=C(CS(=O)(=O)Cl)C1CCCN1. The molecule has 0 bridgehead atoms. The standard InChI is InChI=1S/C7H12ClNO2S/c1-6(5-12(8,10)11)7-3-2-4-9-7/h7,9H,1-5H2. The van der Waals surface area contributed by atoms with Crippen molar-refractivity contribution in [3.63, 3.8) is 0 Å². The first kappa shape index (κ1) is 10.0. The third-order valence-electron chi connectivity index (χ3n) is 1.91. The Bertz CT molecular complexity index is 267. The van der Waals surface area contributed by atoms with Gasteiger partial charge in [0, 0.05) is 16.7 Å². The van der Waals surface area contributed by atoms with E-state index < -0.39 is 9.05 Å². The molecule has 0 aliphatic carbocycles. The van der Waals surface area contributed by atoms with Crippen LogP contribution in [-0.4, -0.2) is 26.8 Å². The zero-order chi connectivity index (χ0) is 9.19. The maximum atomic E-state index is 10.7. The predicted octanol–water partition coefficient (Wildman–Crippen LogP) is 0.863. The average molecular weight is 210 g/mol. The Morgan fingerprint density at radius 3 is 2.75 bits per heavy atom. The normalized spacial score (nSPS) is 24.2. The highest BCUT2D eigenvalue weighted by molar-refractivity contribution is 8.13. The van der Waals surface area contributed by atoms with E-state index in [2.05, 4.69) is 11.9 Å². The molecule has 1 aliphatic rings. The van der Waals surface area contributed by atoms with Gasteiger partial charge in [0.1, 0.15) is 0 Å². The third-order valence-corrected chi connectivity index (χ3v) is 2.95. The molecule has 0 saturated carbocycles. The van der Waals surface area contributed by atoms with E-state index in [0.29, 0.717) is 5.57 Å². The molecule has 70 valence electrons. The van der Waals surface area contributed by atoms with Gasteiger partial charge in [-0.15, -0.1) is 0 Å². The molecule has 12 heavy (non-hydrogen) atoms. The summed E-state index contributed by atoms with van der Waals surface area (Å²) in [4.78, 5) is 0. The van der Waals surface area contributed by atoms with E-state index in [4.69, 9.17) is 10.7 Å². The molecule has 5 heteroatoms. The molecule has 0 spiro atoms. The van der Waals surface area contributed by atoms with Crippen molar-refractivity contribution in [2.24, 2.45) is 0 Å². The first-order chi connectivity index (χ1) is 5.49. The van der Waals surface area contributed by atoms with E-state index in [-0.39, 0.29) is 11.8 Å². The Hall–Kier alpha value is -0.0600. The molecule has 0 amide bonds. The number of nitrogens with one attached hydrogen (secondary N) is 1. The molecular weight excluding hydrogens is 198 g/mol. The minimum atomic E-state index is -3.43. The van der Waals surface area contributed by atoms with Gasteiger partial charge >= 0.3 is 0 Å². The van der Waals surface area contributed by atoms with E-state index in [1.807, 2.05) is 0 Å². The van der Waals surface area contributed by atoms with Crippen molar-refractivity contribution in [3.8, 4) is 0 Å². The number of halogens is 1. The van der Waals surface area contributed by atoms with Crippen molar-refractivity contribution < 1.29 is 8.42 Å². The minimum absolute atomic E-state index is 0.119. The van der Waals surface area contributed by atoms with Gasteiger partial charge < -0.3 is 5.32 Å². The van der Waals surface area contributed by atoms with Gasteiger partial charge in [0.15, 0.2) is 0 Å². The van der Waals surface area contributed by atoms with Gasteiger partial charge in [0.2, 0.25) is 9.05 Å². The van der Waals surface area contributed by atoms with Crippen LogP contribution in [0.5, 0.6) is 0 Å². The summed E-state index contributed by atoms with van der Waals surface area (Å²) < 4.78 is 21.4. The van der Waals surface area contributed by atoms with Crippen LogP contribution in [0.4, 0.5) is 0 Å². The molecule has 1 N–H and O–H groups in total. The van der Waals surface area contributed by atoms with Gasteiger partial charge in [-0.3, -0.25) is 0 Å². The van der Waals surface area contributed by atoms with E-state index in [0.717, 1.165) is 19.4 Å². The second-order valence-electron chi connectivity index (χ2n) is 2.99. The van der Waals surface area contributed by atoms with Crippen molar-refractivity contribution in [2.75, 3.05) is 12.3 Å². The summed E-state index contributed by atoms with van der Waals surface area (Å²) in [6, 6.07) is 0.138. The van der Waals surface area contributed by atoms with Crippen molar-refractivity contribution in [1.82, 2.24) is 5.32 Å². The van der Waals surface area contributed by atoms with Crippen LogP contribution < -0.4 is 5.32 Å². The quantitative estimate of drug-likeness (QED) is 0.554. The van der Waals surface area contributed by atoms with Crippen molar-refractivity contribution >= 4 is 19.7 Å². The van der Waals surface area contributed by atoms with Crippen LogP contribution in [-0.2, 0) is 9.05 Å². The fourth-order valence-corrected chi connectivity index (χ4v) is 2.42. The Morgan fingerprint density at radius 1 is 1.67 bits per heavy atom. The minimum Gasteiger partial charge on any atom is -0.310 e. The lowest BCUT2D eigenvalue weighted by Gasteiger charge is -2.11. The molecule has 1 heterocycles. The summed E-state index contributed by atoms with van der Waals surface area (Å²) in [5.41, 5.74) is 0.669. The van der Waals surface area contributed by atoms with E-state index >= 15 is 0 Å². The summed E-state index contributed by atoms with van der Waals surface area (Å²) >= 11 is 0. The largest absolute Gasteiger partial charge is 0.310 e. The zero-order valence-corrected chi connectivity index (χ0v) is 8.29. The molecule has 0 aromatic rings. The summed E-state index contributed by atoms with van der Waals surface area (Å²) in [6.07, 6.45) is 2.04. The summed E-state index contributed by atoms with van der Waals surface area (Å²) in [7, 11) is 1.66. The first-order valence-electron chi connectivity index (χ1n) is 3.82. The fourth-order valence-electron chi connectivity index (χ4n) is 1.36. The smallest absolute Gasteiger partial charge is 0.236 e. The molecule has 0 aromatic heterocycles. The molecule has 0 aromatic carbocycles. The van der Waals surface area contributed by atoms with Crippen LogP contribution >= 0.6 is 10.7 Å². The summed E-state index contributed by atoms with van der Waals surface area (Å²) in [6.45, 7) is 4.63. The van der Waals surface area contributed by atoms with Gasteiger partial charge in [-0.05, 0) is 25.0 Å². The van der Waals surface area contributed by atoms with E-state index in [9.17, 15) is 8.42 Å². The monoisotopic (exact) mass is 209 g/mol. The molecule has 3 nitrogen and oxygen atoms in total. The summed E-state index contributed by atoms with van der Waals surface area (Å²) in [5, 5.41) is 3.16. The molecule has 0 radical (unpaired) electrons. The lowest BCUT2D eigenvalue weighted by molar-refractivity contribution is 0.607. The van der Waals surface area contributed by atoms with Gasteiger partial charge in [-0.25, -0.2) is 8.42 Å². The number of hydrogen-bond acceptors (Lipinski definition) is 3. The molecule has 1 atom stereocenters. The molecule has 1 fully saturated rings. The van der Waals surface area contributed by atoms with Crippen LogP contribution in [0.25, 0.3) is 0 Å². The fraction of sp³-hybridized carbons (Fsp3) is 0.714. The topological polar surface area (TPSA) is 46.2 Å². The zero-order valence-electron chi connectivity index (χ0n) is 6.72. The van der Waals surface area contributed by atoms with Crippen LogP contribution in [0.15, 0.2) is 12.2 Å². The highest BCUT2D eigenvalue weighted by Gasteiger charge is 2.20. The highest BCUT2D eigenvalue weighted by atomic mass is 35.7. The second kappa shape index (κ2) is 3.77. The Labute approximate surface area is 77.2 Å². The predicted molar refractivity (Wildman–Crippen MR) is 49.8 cm³/mol. The van der Waals surface area contributed by atoms with E-state index in [1.165, 1.54) is 0 Å². The van der Waals surface area contributed by atoms with Crippen LogP contribution in [0.3, 0.4) is 0 Å². The molecule has 1 saturated heterocycles. The molecule has 1 rings (SSSR count). The maximum absolute atomic E-state index is 10.7. The molecule has 1 aliphatic heterocycles. The Balaban J connectivity index is 2.48. The van der Waals surface area contributed by atoms with Gasteiger partial charge in [0.25, 0.3) is 0 Å². The molecule has 1 unspecified atom stereocenters. The lowest BCUT2D eigenvalue weighted by atomic mass is 10.1. The van der Waals surface area contributed by atoms with Crippen molar-refractivity contribution in [3.05, 3.63) is 12.2 Å². The van der Waals surface area contributed by atoms with E-state index in [1.54, 1.807) is 0 Å². The van der Waals surface area contributed by atoms with Crippen molar-refractivity contribution in [1.29, 1.82) is 0 Å². The highest BCUT2D eigenvalue weighted by Crippen LogP contribution is 2.15. The number of hydrogen-bond donors (Lipinski definition) is 1. The lowest BCUT2D eigenvalue weighted by Crippen LogP contribution is -2.25. The number of rotatable bonds is 3. The van der Waals surface area contributed by atoms with Crippen LogP contribution in [0, 0.1) is 0 Å². The average Bonchev–Trinajstić information content (AvgIpc) is 2.32. The van der Waals surface area contributed by atoms with Crippen molar-refractivity contribution in [2.45, 2.75) is 18.9 Å². The van der Waals surface area contributed by atoms with Crippen LogP contribution in [0.1, 0.15) is 12.8 Å². The molecular formula is C7H12ClNO2S. The van der Waals surface area contributed by atoms with Gasteiger partial charge in [0.05, 0.1) is 5.75 Å². The van der Waals surface area contributed by atoms with Gasteiger partial charge in [-0.2, -0.15) is 0 Å².